The molecule has 1 aromatic rings. The number of amides is 2. The summed E-state index contributed by atoms with van der Waals surface area (Å²) in [7, 11) is 0. The lowest BCUT2D eigenvalue weighted by Crippen LogP contribution is -2.34. The van der Waals surface area contributed by atoms with Gasteiger partial charge in [0.25, 0.3) is 0 Å². The van der Waals surface area contributed by atoms with Crippen LogP contribution < -0.4 is 10.2 Å². The lowest BCUT2D eigenvalue weighted by atomic mass is 10.1. The quantitative estimate of drug-likeness (QED) is 0.785. The zero-order valence-electron chi connectivity index (χ0n) is 13.5. The molecule has 0 fully saturated rings. The van der Waals surface area contributed by atoms with E-state index in [9.17, 15) is 9.59 Å². The second-order valence-corrected chi connectivity index (χ2v) is 5.34. The van der Waals surface area contributed by atoms with Crippen LogP contribution in [0.4, 0.5) is 5.69 Å². The number of carbonyl (C=O) groups is 2. The van der Waals surface area contributed by atoms with Gasteiger partial charge in [-0.05, 0) is 37.5 Å². The van der Waals surface area contributed by atoms with Crippen LogP contribution in [0, 0.1) is 13.8 Å². The van der Waals surface area contributed by atoms with Crippen molar-refractivity contribution in [1.29, 1.82) is 0 Å². The van der Waals surface area contributed by atoms with Crippen molar-refractivity contribution in [3.8, 4) is 0 Å². The Bertz CT molecular complexity index is 498. The molecule has 0 aliphatic heterocycles. The number of aryl methyl sites for hydroxylation is 1. The van der Waals surface area contributed by atoms with Gasteiger partial charge in [0.05, 0.1) is 0 Å². The molecule has 1 N–H and O–H groups in total. The molecule has 4 nitrogen and oxygen atoms in total. The fourth-order valence-corrected chi connectivity index (χ4v) is 2.18. The van der Waals surface area contributed by atoms with Crippen LogP contribution in [0.1, 0.15) is 44.2 Å². The Morgan fingerprint density at radius 1 is 1.24 bits per heavy atom. The summed E-state index contributed by atoms with van der Waals surface area (Å²) in [5.74, 6) is -0.0370. The van der Waals surface area contributed by atoms with Gasteiger partial charge in [0.15, 0.2) is 0 Å². The summed E-state index contributed by atoms with van der Waals surface area (Å²) in [4.78, 5) is 25.3. The third kappa shape index (κ3) is 5.21. The molecule has 0 spiro atoms. The molecule has 2 amide bonds. The van der Waals surface area contributed by atoms with Crippen LogP contribution in [0.5, 0.6) is 0 Å². The molecule has 0 bridgehead atoms. The van der Waals surface area contributed by atoms with Gasteiger partial charge in [-0.25, -0.2) is 0 Å². The second kappa shape index (κ2) is 8.45. The standard InChI is InChI=1S/C17H26N2O2/c1-5-6-11-18-17(21)10-12-19(15(4)20)16-9-7-8-13(2)14(16)3/h7-9H,5-6,10-12H2,1-4H3,(H,18,21). The van der Waals surface area contributed by atoms with Crippen LogP contribution in [0.15, 0.2) is 18.2 Å². The van der Waals surface area contributed by atoms with Gasteiger partial charge >= 0.3 is 0 Å². The summed E-state index contributed by atoms with van der Waals surface area (Å²) < 4.78 is 0. The number of anilines is 1. The lowest BCUT2D eigenvalue weighted by molar-refractivity contribution is -0.121. The molecule has 0 heterocycles. The Morgan fingerprint density at radius 3 is 2.57 bits per heavy atom. The normalized spacial score (nSPS) is 10.3. The van der Waals surface area contributed by atoms with Crippen molar-refractivity contribution in [2.45, 2.75) is 47.0 Å². The molecule has 4 heteroatoms. The smallest absolute Gasteiger partial charge is 0.223 e. The van der Waals surface area contributed by atoms with Gasteiger partial charge in [-0.2, -0.15) is 0 Å². The lowest BCUT2D eigenvalue weighted by Gasteiger charge is -2.23. The Balaban J connectivity index is 2.69. The average molecular weight is 290 g/mol. The number of nitrogens with one attached hydrogen (secondary N) is 1. The number of hydrogen-bond acceptors (Lipinski definition) is 2. The fourth-order valence-electron chi connectivity index (χ4n) is 2.18. The third-order valence-corrected chi connectivity index (χ3v) is 3.66. The third-order valence-electron chi connectivity index (χ3n) is 3.66. The first-order valence-corrected chi connectivity index (χ1v) is 7.58. The summed E-state index contributed by atoms with van der Waals surface area (Å²) >= 11 is 0. The van der Waals surface area contributed by atoms with Crippen LogP contribution in [0.3, 0.4) is 0 Å². The van der Waals surface area contributed by atoms with Gasteiger partial charge in [0.2, 0.25) is 11.8 Å². The van der Waals surface area contributed by atoms with E-state index in [2.05, 4.69) is 12.2 Å². The first-order valence-electron chi connectivity index (χ1n) is 7.58. The topological polar surface area (TPSA) is 49.4 Å². The van der Waals surface area contributed by atoms with E-state index in [4.69, 9.17) is 0 Å². The predicted octanol–water partition coefficient (Wildman–Crippen LogP) is 2.96. The Labute approximate surface area is 127 Å². The van der Waals surface area contributed by atoms with E-state index >= 15 is 0 Å². The fraction of sp³-hybridized carbons (Fsp3) is 0.529. The zero-order valence-corrected chi connectivity index (χ0v) is 13.5. The maximum Gasteiger partial charge on any atom is 0.223 e. The van der Waals surface area contributed by atoms with Gasteiger partial charge in [0.1, 0.15) is 0 Å². The van der Waals surface area contributed by atoms with Crippen molar-refractivity contribution < 1.29 is 9.59 Å². The van der Waals surface area contributed by atoms with Gasteiger partial charge in [-0.3, -0.25) is 9.59 Å². The average Bonchev–Trinajstić information content (AvgIpc) is 2.43. The van der Waals surface area contributed by atoms with Crippen molar-refractivity contribution >= 4 is 17.5 Å². The van der Waals surface area contributed by atoms with E-state index in [1.54, 1.807) is 4.90 Å². The van der Waals surface area contributed by atoms with E-state index in [0.29, 0.717) is 19.5 Å². The number of nitrogens with zero attached hydrogens (tertiary/aromatic N) is 1. The van der Waals surface area contributed by atoms with Crippen LogP contribution in [-0.4, -0.2) is 24.9 Å². The molecule has 1 rings (SSSR count). The maximum atomic E-state index is 11.9. The van der Waals surface area contributed by atoms with E-state index < -0.39 is 0 Å². The highest BCUT2D eigenvalue weighted by Gasteiger charge is 2.15. The largest absolute Gasteiger partial charge is 0.356 e. The maximum absolute atomic E-state index is 11.9. The Hall–Kier alpha value is -1.84. The number of unbranched alkanes of at least 4 members (excludes halogenated alkanes) is 1. The summed E-state index contributed by atoms with van der Waals surface area (Å²) in [5.41, 5.74) is 3.12. The monoisotopic (exact) mass is 290 g/mol. The van der Waals surface area contributed by atoms with Crippen molar-refractivity contribution in [3.63, 3.8) is 0 Å². The number of hydrogen-bond donors (Lipinski definition) is 1. The highest BCUT2D eigenvalue weighted by atomic mass is 16.2. The van der Waals surface area contributed by atoms with Gasteiger partial charge in [-0.15, -0.1) is 0 Å². The number of rotatable bonds is 7. The number of benzene rings is 1. The van der Waals surface area contributed by atoms with Crippen molar-refractivity contribution in [1.82, 2.24) is 5.32 Å². The Morgan fingerprint density at radius 2 is 1.95 bits per heavy atom. The molecule has 0 radical (unpaired) electrons. The Kier molecular flexibility index (Phi) is 6.92. The molecule has 21 heavy (non-hydrogen) atoms. The molecule has 0 saturated heterocycles. The molecule has 0 unspecified atom stereocenters. The summed E-state index contributed by atoms with van der Waals surface area (Å²) in [6, 6.07) is 5.89. The first kappa shape index (κ1) is 17.2. The van der Waals surface area contributed by atoms with Crippen molar-refractivity contribution in [2.75, 3.05) is 18.0 Å². The van der Waals surface area contributed by atoms with E-state index in [1.165, 1.54) is 6.92 Å². The molecular weight excluding hydrogens is 264 g/mol. The minimum atomic E-state index is -0.0370. The predicted molar refractivity (Wildman–Crippen MR) is 86.5 cm³/mol. The molecule has 116 valence electrons. The SMILES string of the molecule is CCCCNC(=O)CCN(C(C)=O)c1cccc(C)c1C. The molecule has 0 aliphatic rings. The molecule has 0 atom stereocenters. The van der Waals surface area contributed by atoms with E-state index in [1.807, 2.05) is 32.0 Å². The van der Waals surface area contributed by atoms with Gasteiger partial charge < -0.3 is 10.2 Å². The van der Waals surface area contributed by atoms with E-state index in [0.717, 1.165) is 29.7 Å². The molecular formula is C17H26N2O2. The highest BCUT2D eigenvalue weighted by Crippen LogP contribution is 2.23. The minimum Gasteiger partial charge on any atom is -0.356 e. The van der Waals surface area contributed by atoms with Crippen LogP contribution in [0.25, 0.3) is 0 Å². The second-order valence-electron chi connectivity index (χ2n) is 5.34. The van der Waals surface area contributed by atoms with E-state index in [-0.39, 0.29) is 11.8 Å². The minimum absolute atomic E-state index is 0.00000567. The molecule has 0 aliphatic carbocycles. The van der Waals surface area contributed by atoms with Crippen molar-refractivity contribution in [2.24, 2.45) is 0 Å². The van der Waals surface area contributed by atoms with Crippen LogP contribution in [-0.2, 0) is 9.59 Å². The van der Waals surface area contributed by atoms with Crippen LogP contribution >= 0.6 is 0 Å². The highest BCUT2D eigenvalue weighted by molar-refractivity contribution is 5.93. The molecule has 0 aromatic heterocycles. The summed E-state index contributed by atoms with van der Waals surface area (Å²) in [5, 5.41) is 2.88. The number of carbonyl (C=O) groups excluding carboxylic acids is 2. The van der Waals surface area contributed by atoms with Crippen LogP contribution in [0.2, 0.25) is 0 Å². The summed E-state index contributed by atoms with van der Waals surface area (Å²) in [6.07, 6.45) is 2.37. The van der Waals surface area contributed by atoms with Gasteiger partial charge in [-0.1, -0.05) is 25.5 Å². The molecule has 1 aromatic carbocycles. The zero-order chi connectivity index (χ0) is 15.8. The first-order chi connectivity index (χ1) is 9.97. The summed E-state index contributed by atoms with van der Waals surface area (Å²) in [6.45, 7) is 8.77. The van der Waals surface area contributed by atoms with Gasteiger partial charge in [0, 0.05) is 32.1 Å². The van der Waals surface area contributed by atoms with Crippen molar-refractivity contribution in [3.05, 3.63) is 29.3 Å². The molecule has 0 saturated carbocycles.